The lowest BCUT2D eigenvalue weighted by atomic mass is 10.5. The average molecular weight is 246 g/mol. The molecule has 0 aliphatic heterocycles. The van der Waals surface area contributed by atoms with Crippen molar-refractivity contribution in [2.75, 3.05) is 0 Å². The second-order valence-corrected chi connectivity index (χ2v) is 2.78. The monoisotopic (exact) mass is 245 g/mol. The highest BCUT2D eigenvalue weighted by Crippen LogP contribution is 2.11. The van der Waals surface area contributed by atoms with Crippen LogP contribution in [0.4, 0.5) is 5.95 Å². The first-order valence-corrected chi connectivity index (χ1v) is 4.06. The summed E-state index contributed by atoms with van der Waals surface area (Å²) in [5.41, 5.74) is 0. The van der Waals surface area contributed by atoms with Crippen molar-refractivity contribution in [3.63, 3.8) is 0 Å². The Morgan fingerprint density at radius 2 is 2.46 bits per heavy atom. The Morgan fingerprint density at radius 3 is 2.92 bits per heavy atom. The van der Waals surface area contributed by atoms with Crippen molar-refractivity contribution in [2.45, 2.75) is 13.0 Å². The summed E-state index contributed by atoms with van der Waals surface area (Å²) in [5, 5.41) is 22.1. The standard InChI is InChI=1S/C5H4BrN5O2/c6-4-8-5(11(12)13)9-10(4)3-1-2-7/h1,3H2. The molecule has 0 aliphatic rings. The third-order valence-corrected chi connectivity index (χ3v) is 1.80. The van der Waals surface area contributed by atoms with Crippen LogP contribution in [0.25, 0.3) is 0 Å². The van der Waals surface area contributed by atoms with Crippen molar-refractivity contribution in [2.24, 2.45) is 0 Å². The molecule has 0 bridgehead atoms. The fourth-order valence-electron chi connectivity index (χ4n) is 0.687. The minimum absolute atomic E-state index is 0.235. The zero-order chi connectivity index (χ0) is 9.84. The van der Waals surface area contributed by atoms with Gasteiger partial charge in [-0.15, -0.1) is 0 Å². The van der Waals surface area contributed by atoms with Gasteiger partial charge in [-0.25, -0.2) is 0 Å². The van der Waals surface area contributed by atoms with Crippen LogP contribution >= 0.6 is 15.9 Å². The third-order valence-electron chi connectivity index (χ3n) is 1.21. The third kappa shape index (κ3) is 2.22. The van der Waals surface area contributed by atoms with Gasteiger partial charge in [0.25, 0.3) is 4.73 Å². The van der Waals surface area contributed by atoms with Crippen molar-refractivity contribution in [1.82, 2.24) is 14.8 Å². The number of hydrogen-bond acceptors (Lipinski definition) is 5. The lowest BCUT2D eigenvalue weighted by Gasteiger charge is -1.88. The number of nitriles is 1. The summed E-state index contributed by atoms with van der Waals surface area (Å²) in [5.74, 6) is -0.468. The molecule has 0 aromatic carbocycles. The molecule has 0 saturated carbocycles. The zero-order valence-electron chi connectivity index (χ0n) is 6.34. The summed E-state index contributed by atoms with van der Waals surface area (Å²) in [6.45, 7) is 0.290. The number of aromatic nitrogens is 3. The van der Waals surface area contributed by atoms with Gasteiger partial charge in [0, 0.05) is 21.0 Å². The van der Waals surface area contributed by atoms with Crippen molar-refractivity contribution >= 4 is 21.9 Å². The SMILES string of the molecule is N#CCCn1nc([N+](=O)[O-])nc1Br. The minimum atomic E-state index is -0.687. The lowest BCUT2D eigenvalue weighted by molar-refractivity contribution is -0.394. The summed E-state index contributed by atoms with van der Waals surface area (Å²) in [6.07, 6.45) is 0.235. The summed E-state index contributed by atoms with van der Waals surface area (Å²) in [6, 6.07) is 1.90. The highest BCUT2D eigenvalue weighted by molar-refractivity contribution is 9.10. The summed E-state index contributed by atoms with van der Waals surface area (Å²) in [4.78, 5) is 13.1. The Labute approximate surface area is 81.3 Å². The Balaban J connectivity index is 2.85. The van der Waals surface area contributed by atoms with E-state index in [-0.39, 0.29) is 17.7 Å². The van der Waals surface area contributed by atoms with Gasteiger partial charge in [0.1, 0.15) is 0 Å². The number of halogens is 1. The van der Waals surface area contributed by atoms with Crippen molar-refractivity contribution in [3.8, 4) is 6.07 Å². The van der Waals surface area contributed by atoms with E-state index < -0.39 is 10.9 Å². The van der Waals surface area contributed by atoms with Gasteiger partial charge in [0.05, 0.1) is 19.0 Å². The summed E-state index contributed by atoms with van der Waals surface area (Å²) < 4.78 is 1.52. The van der Waals surface area contributed by atoms with E-state index in [1.165, 1.54) is 4.68 Å². The van der Waals surface area contributed by atoms with Crippen LogP contribution in [0.5, 0.6) is 0 Å². The molecule has 7 nitrogen and oxygen atoms in total. The molecule has 0 radical (unpaired) electrons. The average Bonchev–Trinajstić information content (AvgIpc) is 2.44. The van der Waals surface area contributed by atoms with Gasteiger partial charge < -0.3 is 10.1 Å². The summed E-state index contributed by atoms with van der Waals surface area (Å²) in [7, 11) is 0. The number of hydrogen-bond donors (Lipinski definition) is 0. The molecule has 0 fully saturated rings. The number of nitro groups is 1. The molecule has 1 aromatic rings. The van der Waals surface area contributed by atoms with Crippen LogP contribution in [0.15, 0.2) is 4.73 Å². The minimum Gasteiger partial charge on any atom is -0.390 e. The predicted molar refractivity (Wildman–Crippen MR) is 44.6 cm³/mol. The molecule has 1 heterocycles. The predicted octanol–water partition coefficient (Wildman–Crippen LogP) is 0.862. The van der Waals surface area contributed by atoms with Gasteiger partial charge in [-0.05, 0) is 9.91 Å². The molecule has 0 unspecified atom stereocenters. The van der Waals surface area contributed by atoms with Crippen LogP contribution in [-0.2, 0) is 6.54 Å². The summed E-state index contributed by atoms with van der Waals surface area (Å²) >= 11 is 2.99. The Morgan fingerprint density at radius 1 is 1.77 bits per heavy atom. The second kappa shape index (κ2) is 3.95. The van der Waals surface area contributed by atoms with Crippen LogP contribution in [0, 0.1) is 21.4 Å². The van der Waals surface area contributed by atoms with Gasteiger partial charge >= 0.3 is 5.95 Å². The van der Waals surface area contributed by atoms with Crippen LogP contribution < -0.4 is 0 Å². The molecule has 1 rings (SSSR count). The lowest BCUT2D eigenvalue weighted by Crippen LogP contribution is -2.00. The van der Waals surface area contributed by atoms with Crippen molar-refractivity contribution in [3.05, 3.63) is 14.8 Å². The Bertz CT molecular complexity index is 367. The molecule has 0 spiro atoms. The van der Waals surface area contributed by atoms with E-state index in [1.54, 1.807) is 0 Å². The fraction of sp³-hybridized carbons (Fsp3) is 0.400. The molecule has 1 aromatic heterocycles. The zero-order valence-corrected chi connectivity index (χ0v) is 7.93. The first kappa shape index (κ1) is 9.60. The van der Waals surface area contributed by atoms with Crippen LogP contribution in [0.1, 0.15) is 6.42 Å². The van der Waals surface area contributed by atoms with Gasteiger partial charge in [-0.2, -0.15) is 9.94 Å². The quantitative estimate of drug-likeness (QED) is 0.581. The largest absolute Gasteiger partial charge is 0.492 e. The molecule has 0 N–H and O–H groups in total. The molecule has 0 atom stereocenters. The topological polar surface area (TPSA) is 97.6 Å². The maximum atomic E-state index is 10.2. The van der Waals surface area contributed by atoms with E-state index in [2.05, 4.69) is 26.0 Å². The molecule has 0 saturated heterocycles. The molecule has 0 amide bonds. The molecular formula is C5H4BrN5O2. The van der Waals surface area contributed by atoms with Crippen LogP contribution in [0.3, 0.4) is 0 Å². The van der Waals surface area contributed by atoms with E-state index >= 15 is 0 Å². The van der Waals surface area contributed by atoms with Gasteiger partial charge in [0.2, 0.25) is 0 Å². The fourth-order valence-corrected chi connectivity index (χ4v) is 1.10. The number of rotatable bonds is 3. The van der Waals surface area contributed by atoms with Crippen molar-refractivity contribution < 1.29 is 4.92 Å². The number of nitrogens with zero attached hydrogens (tertiary/aromatic N) is 5. The maximum Gasteiger partial charge on any atom is 0.492 e. The van der Waals surface area contributed by atoms with Crippen LogP contribution in [-0.4, -0.2) is 19.7 Å². The molecular weight excluding hydrogens is 242 g/mol. The Kier molecular flexibility index (Phi) is 2.92. The second-order valence-electron chi connectivity index (χ2n) is 2.07. The molecule has 0 aliphatic carbocycles. The van der Waals surface area contributed by atoms with E-state index in [0.717, 1.165) is 0 Å². The maximum absolute atomic E-state index is 10.2. The van der Waals surface area contributed by atoms with Crippen molar-refractivity contribution in [1.29, 1.82) is 5.26 Å². The smallest absolute Gasteiger partial charge is 0.390 e. The molecule has 13 heavy (non-hydrogen) atoms. The van der Waals surface area contributed by atoms with E-state index in [9.17, 15) is 10.1 Å². The number of aryl methyl sites for hydroxylation is 1. The first-order chi connectivity index (χ1) is 6.15. The van der Waals surface area contributed by atoms with E-state index in [1.807, 2.05) is 6.07 Å². The normalized spacial score (nSPS) is 9.54. The van der Waals surface area contributed by atoms with Gasteiger partial charge in [-0.1, -0.05) is 0 Å². The van der Waals surface area contributed by atoms with E-state index in [0.29, 0.717) is 0 Å². The van der Waals surface area contributed by atoms with Gasteiger partial charge in [-0.3, -0.25) is 0 Å². The highest BCUT2D eigenvalue weighted by Gasteiger charge is 2.18. The van der Waals surface area contributed by atoms with Gasteiger partial charge in [0.15, 0.2) is 0 Å². The Hall–Kier alpha value is -1.49. The molecule has 68 valence electrons. The molecule has 8 heteroatoms. The highest BCUT2D eigenvalue weighted by atomic mass is 79.9. The van der Waals surface area contributed by atoms with E-state index in [4.69, 9.17) is 5.26 Å². The first-order valence-electron chi connectivity index (χ1n) is 3.27. The van der Waals surface area contributed by atoms with Crippen LogP contribution in [0.2, 0.25) is 0 Å².